The lowest BCUT2D eigenvalue weighted by Crippen LogP contribution is -2.29. The Bertz CT molecular complexity index is 905. The highest BCUT2D eigenvalue weighted by Crippen LogP contribution is 2.65. The first-order valence-electron chi connectivity index (χ1n) is 8.95. The maximum absolute atomic E-state index is 11.4. The molecule has 1 aliphatic carbocycles. The van der Waals surface area contributed by atoms with Gasteiger partial charge in [-0.3, -0.25) is 9.69 Å². The summed E-state index contributed by atoms with van der Waals surface area (Å²) in [7, 11) is 0. The third-order valence-electron chi connectivity index (χ3n) is 6.12. The number of carbonyl (C=O) groups is 1. The Balaban J connectivity index is 1.31. The van der Waals surface area contributed by atoms with E-state index in [9.17, 15) is 9.90 Å². The first-order chi connectivity index (χ1) is 12.6. The lowest BCUT2D eigenvalue weighted by Gasteiger charge is -2.24. The van der Waals surface area contributed by atoms with Gasteiger partial charge >= 0.3 is 5.97 Å². The normalized spacial score (nSPS) is 28.7. The number of hydrogen-bond donors (Lipinski definition) is 2. The van der Waals surface area contributed by atoms with Crippen molar-refractivity contribution in [1.82, 2.24) is 14.9 Å². The van der Waals surface area contributed by atoms with E-state index in [1.54, 1.807) is 24.2 Å². The van der Waals surface area contributed by atoms with E-state index >= 15 is 0 Å². The zero-order valence-electron chi connectivity index (χ0n) is 14.5. The van der Waals surface area contributed by atoms with E-state index in [-0.39, 0.29) is 11.3 Å². The number of aliphatic carboxylic acids is 1. The number of piperidine rings is 1. The molecule has 0 radical (unpaired) electrons. The molecule has 6 nitrogen and oxygen atoms in total. The predicted octanol–water partition coefficient (Wildman–Crippen LogP) is 3.23. The molecule has 0 amide bonds. The van der Waals surface area contributed by atoms with Gasteiger partial charge in [-0.05, 0) is 30.0 Å². The van der Waals surface area contributed by atoms with Crippen LogP contribution in [0.3, 0.4) is 0 Å². The Labute approximate surface area is 156 Å². The summed E-state index contributed by atoms with van der Waals surface area (Å²) in [6.07, 6.45) is 4.35. The first kappa shape index (κ1) is 16.1. The van der Waals surface area contributed by atoms with Gasteiger partial charge in [-0.25, -0.2) is 9.97 Å². The predicted molar refractivity (Wildman–Crippen MR) is 98.5 cm³/mol. The van der Waals surface area contributed by atoms with E-state index in [1.807, 2.05) is 0 Å². The Hall–Kier alpha value is -2.12. The summed E-state index contributed by atoms with van der Waals surface area (Å²) >= 11 is 1.63. The number of benzene rings is 1. The summed E-state index contributed by atoms with van der Waals surface area (Å²) in [4.78, 5) is 23.7. The first-order valence-corrected chi connectivity index (χ1v) is 9.76. The van der Waals surface area contributed by atoms with Crippen molar-refractivity contribution in [1.29, 1.82) is 0 Å². The minimum Gasteiger partial charge on any atom is -0.481 e. The molecule has 3 heterocycles. The molecule has 3 atom stereocenters. The standard InChI is InChI=1S/C19H20N4O2S/c1-2-19-10-23(9-12(19)15(19)18(24)25)8-11-3-4-14-13(7-11)22-16-17(26-14)21-6-5-20-16/h3-7,12,15H,2,8-10H2,1H3,(H,20,22)(H,24,25). The number of carboxylic acid groups (broad SMARTS) is 1. The number of nitrogens with one attached hydrogen (secondary N) is 1. The van der Waals surface area contributed by atoms with Crippen LogP contribution in [0.2, 0.25) is 0 Å². The number of nitrogens with zero attached hydrogens (tertiary/aromatic N) is 3. The van der Waals surface area contributed by atoms with Gasteiger partial charge in [0.1, 0.15) is 5.03 Å². The van der Waals surface area contributed by atoms with Crippen LogP contribution in [0, 0.1) is 17.3 Å². The smallest absolute Gasteiger partial charge is 0.307 e. The van der Waals surface area contributed by atoms with Crippen molar-refractivity contribution in [2.24, 2.45) is 17.3 Å². The van der Waals surface area contributed by atoms with Gasteiger partial charge in [-0.1, -0.05) is 24.8 Å². The molecule has 2 aliphatic heterocycles. The van der Waals surface area contributed by atoms with Crippen molar-refractivity contribution in [2.45, 2.75) is 29.8 Å². The molecule has 26 heavy (non-hydrogen) atoms. The van der Waals surface area contributed by atoms with Crippen molar-refractivity contribution in [3.63, 3.8) is 0 Å². The fraction of sp³-hybridized carbons (Fsp3) is 0.421. The van der Waals surface area contributed by atoms with Crippen LogP contribution < -0.4 is 5.32 Å². The number of likely N-dealkylation sites (tertiary alicyclic amines) is 1. The van der Waals surface area contributed by atoms with Crippen LogP contribution in [0.25, 0.3) is 0 Å². The zero-order valence-corrected chi connectivity index (χ0v) is 15.3. The molecule has 3 aliphatic rings. The van der Waals surface area contributed by atoms with E-state index in [0.717, 1.165) is 47.5 Å². The Morgan fingerprint density at radius 2 is 2.27 bits per heavy atom. The monoisotopic (exact) mass is 368 g/mol. The van der Waals surface area contributed by atoms with Crippen molar-refractivity contribution < 1.29 is 9.90 Å². The molecule has 0 bridgehead atoms. The topological polar surface area (TPSA) is 78.3 Å². The van der Waals surface area contributed by atoms with Crippen LogP contribution in [-0.2, 0) is 11.3 Å². The highest BCUT2D eigenvalue weighted by Gasteiger charge is 2.70. The van der Waals surface area contributed by atoms with Crippen LogP contribution >= 0.6 is 11.8 Å². The van der Waals surface area contributed by atoms with E-state index in [2.05, 4.69) is 45.3 Å². The van der Waals surface area contributed by atoms with Gasteiger partial charge in [-0.2, -0.15) is 0 Å². The summed E-state index contributed by atoms with van der Waals surface area (Å²) < 4.78 is 0. The molecule has 2 N–H and O–H groups in total. The molecule has 1 saturated carbocycles. The van der Waals surface area contributed by atoms with Crippen LogP contribution in [0.1, 0.15) is 18.9 Å². The second-order valence-electron chi connectivity index (χ2n) is 7.45. The number of carboxylic acids is 1. The molecule has 7 heteroatoms. The third-order valence-corrected chi connectivity index (χ3v) is 7.19. The quantitative estimate of drug-likeness (QED) is 0.732. The average Bonchev–Trinajstić information content (AvgIpc) is 3.12. The number of anilines is 2. The fourth-order valence-corrected chi connectivity index (χ4v) is 5.69. The number of hydrogen-bond acceptors (Lipinski definition) is 6. The molecule has 2 aromatic rings. The molecular weight excluding hydrogens is 348 g/mol. The van der Waals surface area contributed by atoms with Crippen LogP contribution in [-0.4, -0.2) is 39.0 Å². The maximum atomic E-state index is 11.4. The van der Waals surface area contributed by atoms with Gasteiger partial charge in [0.15, 0.2) is 5.82 Å². The Morgan fingerprint density at radius 3 is 3.04 bits per heavy atom. The second-order valence-corrected chi connectivity index (χ2v) is 8.48. The molecule has 0 spiro atoms. The van der Waals surface area contributed by atoms with Gasteiger partial charge in [0, 0.05) is 42.3 Å². The average molecular weight is 368 g/mol. The lowest BCUT2D eigenvalue weighted by molar-refractivity contribution is -0.140. The summed E-state index contributed by atoms with van der Waals surface area (Å²) in [6.45, 7) is 4.76. The summed E-state index contributed by atoms with van der Waals surface area (Å²) in [6, 6.07) is 6.47. The number of rotatable bonds is 4. The highest BCUT2D eigenvalue weighted by atomic mass is 32.2. The largest absolute Gasteiger partial charge is 0.481 e. The van der Waals surface area contributed by atoms with Crippen molar-refractivity contribution in [2.75, 3.05) is 18.4 Å². The molecular formula is C19H20N4O2S. The van der Waals surface area contributed by atoms with Crippen LogP contribution in [0.5, 0.6) is 0 Å². The molecule has 134 valence electrons. The Kier molecular flexibility index (Phi) is 3.52. The highest BCUT2D eigenvalue weighted by molar-refractivity contribution is 7.99. The molecule has 1 aromatic carbocycles. The van der Waals surface area contributed by atoms with Gasteiger partial charge < -0.3 is 10.4 Å². The van der Waals surface area contributed by atoms with E-state index in [0.29, 0.717) is 5.92 Å². The summed E-state index contributed by atoms with van der Waals surface area (Å²) in [5.41, 5.74) is 2.31. The van der Waals surface area contributed by atoms with E-state index in [4.69, 9.17) is 0 Å². The van der Waals surface area contributed by atoms with Crippen molar-refractivity contribution in [3.05, 3.63) is 36.2 Å². The third kappa shape index (κ3) is 2.34. The van der Waals surface area contributed by atoms with Gasteiger partial charge in [0.05, 0.1) is 11.6 Å². The molecule has 5 rings (SSSR count). The van der Waals surface area contributed by atoms with E-state index < -0.39 is 5.97 Å². The second kappa shape index (κ2) is 5.69. The van der Waals surface area contributed by atoms with Crippen molar-refractivity contribution >= 4 is 29.2 Å². The molecule has 2 fully saturated rings. The lowest BCUT2D eigenvalue weighted by atomic mass is 10.00. The fourth-order valence-electron chi connectivity index (χ4n) is 4.81. The maximum Gasteiger partial charge on any atom is 0.307 e. The minimum atomic E-state index is -0.619. The van der Waals surface area contributed by atoms with Crippen molar-refractivity contribution in [3.8, 4) is 0 Å². The molecule has 1 aromatic heterocycles. The van der Waals surface area contributed by atoms with Crippen LogP contribution in [0.4, 0.5) is 11.5 Å². The summed E-state index contributed by atoms with van der Waals surface area (Å²) in [5, 5.41) is 13.7. The summed E-state index contributed by atoms with van der Waals surface area (Å²) in [5.74, 6) is 0.365. The van der Waals surface area contributed by atoms with Crippen LogP contribution in [0.15, 0.2) is 40.5 Å². The molecule has 3 unspecified atom stereocenters. The Morgan fingerprint density at radius 1 is 1.42 bits per heavy atom. The number of fused-ring (bicyclic) bond motifs is 3. The van der Waals surface area contributed by atoms with E-state index in [1.165, 1.54) is 5.56 Å². The van der Waals surface area contributed by atoms with Gasteiger partial charge in [0.2, 0.25) is 0 Å². The zero-order chi connectivity index (χ0) is 17.9. The molecule has 1 saturated heterocycles. The van der Waals surface area contributed by atoms with Gasteiger partial charge in [0.25, 0.3) is 0 Å². The minimum absolute atomic E-state index is 0.00265. The number of aromatic nitrogens is 2. The SMILES string of the molecule is CCC12CN(Cc3ccc4c(c3)Nc3nccnc3S4)CC1C2C(=O)O. The van der Waals surface area contributed by atoms with Gasteiger partial charge in [-0.15, -0.1) is 0 Å².